The fourth-order valence-electron chi connectivity index (χ4n) is 2.87. The maximum Gasteiger partial charge on any atom is 0.226 e. The molecule has 6 heteroatoms. The normalized spacial score (nSPS) is 11.4. The fourth-order valence-corrected chi connectivity index (χ4v) is 3.05. The lowest BCUT2D eigenvalue weighted by molar-refractivity contribution is -0.120. The first kappa shape index (κ1) is 20.4. The summed E-state index contributed by atoms with van der Waals surface area (Å²) in [7, 11) is 0. The van der Waals surface area contributed by atoms with Gasteiger partial charge in [0.1, 0.15) is 5.75 Å². The van der Waals surface area contributed by atoms with Crippen molar-refractivity contribution in [2.24, 2.45) is 0 Å². The van der Waals surface area contributed by atoms with Crippen molar-refractivity contribution >= 4 is 29.1 Å². The molecule has 0 saturated carbocycles. The molecule has 0 saturated heterocycles. The van der Waals surface area contributed by atoms with Gasteiger partial charge in [0.25, 0.3) is 0 Å². The molecule has 2 N–H and O–H groups in total. The number of rotatable bonds is 7. The molecule has 0 aliphatic heterocycles. The third kappa shape index (κ3) is 6.09. The van der Waals surface area contributed by atoms with Crippen LogP contribution in [0.2, 0.25) is 5.02 Å². The van der Waals surface area contributed by atoms with Crippen molar-refractivity contribution in [3.8, 4) is 11.5 Å². The van der Waals surface area contributed by atoms with Crippen molar-refractivity contribution in [2.75, 3.05) is 5.32 Å². The van der Waals surface area contributed by atoms with Crippen molar-refractivity contribution in [3.63, 3.8) is 0 Å². The summed E-state index contributed by atoms with van der Waals surface area (Å²) in [6, 6.07) is 23.2. The molecule has 1 atom stereocenters. The Morgan fingerprint density at radius 1 is 0.966 bits per heavy atom. The molecular weight excluding hydrogens is 388 g/mol. The molecular formula is C23H21ClN2O3. The molecule has 3 rings (SSSR count). The van der Waals surface area contributed by atoms with Crippen molar-refractivity contribution in [3.05, 3.63) is 89.4 Å². The van der Waals surface area contributed by atoms with E-state index in [9.17, 15) is 9.59 Å². The smallest absolute Gasteiger partial charge is 0.226 e. The van der Waals surface area contributed by atoms with Gasteiger partial charge in [-0.3, -0.25) is 9.59 Å². The second-order valence-electron chi connectivity index (χ2n) is 6.47. The summed E-state index contributed by atoms with van der Waals surface area (Å²) in [5, 5.41) is 6.14. The second kappa shape index (κ2) is 9.75. The van der Waals surface area contributed by atoms with Crippen molar-refractivity contribution in [2.45, 2.75) is 19.4 Å². The third-order valence-corrected chi connectivity index (χ3v) is 4.39. The maximum absolute atomic E-state index is 12.7. The Morgan fingerprint density at radius 2 is 1.62 bits per heavy atom. The first-order valence-electron chi connectivity index (χ1n) is 9.15. The number of para-hydroxylation sites is 1. The van der Waals surface area contributed by atoms with Crippen LogP contribution in [0.1, 0.15) is 24.9 Å². The van der Waals surface area contributed by atoms with Crippen LogP contribution in [0.25, 0.3) is 0 Å². The highest BCUT2D eigenvalue weighted by molar-refractivity contribution is 6.31. The molecule has 1 unspecified atom stereocenters. The number of hydrogen-bond acceptors (Lipinski definition) is 3. The number of halogens is 1. The zero-order chi connectivity index (χ0) is 20.6. The van der Waals surface area contributed by atoms with Gasteiger partial charge in [0, 0.05) is 11.9 Å². The van der Waals surface area contributed by atoms with Gasteiger partial charge in [-0.15, -0.1) is 0 Å². The Labute approximate surface area is 174 Å². The van der Waals surface area contributed by atoms with Crippen LogP contribution >= 0.6 is 11.6 Å². The largest absolute Gasteiger partial charge is 0.455 e. The van der Waals surface area contributed by atoms with Gasteiger partial charge in [-0.25, -0.2) is 0 Å². The summed E-state index contributed by atoms with van der Waals surface area (Å²) < 4.78 is 5.88. The van der Waals surface area contributed by atoms with Crippen LogP contribution in [-0.2, 0) is 9.59 Å². The second-order valence-corrected chi connectivity index (χ2v) is 6.91. The molecule has 0 bridgehead atoms. The number of anilines is 1. The van der Waals surface area contributed by atoms with Gasteiger partial charge in [-0.05, 0) is 35.9 Å². The lowest BCUT2D eigenvalue weighted by Gasteiger charge is -2.19. The van der Waals surface area contributed by atoms with Gasteiger partial charge in [-0.2, -0.15) is 0 Å². The molecule has 0 radical (unpaired) electrons. The number of benzene rings is 3. The Kier molecular flexibility index (Phi) is 6.87. The number of hydrogen-bond donors (Lipinski definition) is 2. The van der Waals surface area contributed by atoms with E-state index in [0.717, 1.165) is 5.56 Å². The molecule has 3 aromatic rings. The number of carbonyl (C=O) groups is 2. The van der Waals surface area contributed by atoms with Crippen LogP contribution in [0.15, 0.2) is 78.9 Å². The predicted octanol–water partition coefficient (Wildman–Crippen LogP) is 5.34. The third-order valence-electron chi connectivity index (χ3n) is 4.16. The standard InChI is InChI=1S/C23H21ClN2O3/c1-16(27)25-20(17-8-4-2-5-9-17)15-23(28)26-21-14-18(24)12-13-22(21)29-19-10-6-3-7-11-19/h2-14,20H,15H2,1H3,(H,25,27)(H,26,28). The van der Waals surface area contributed by atoms with E-state index in [0.29, 0.717) is 22.2 Å². The van der Waals surface area contributed by atoms with E-state index < -0.39 is 6.04 Å². The van der Waals surface area contributed by atoms with Crippen LogP contribution in [0.4, 0.5) is 5.69 Å². The highest BCUT2D eigenvalue weighted by atomic mass is 35.5. The molecule has 2 amide bonds. The van der Waals surface area contributed by atoms with E-state index in [1.54, 1.807) is 18.2 Å². The van der Waals surface area contributed by atoms with Crippen LogP contribution in [0.3, 0.4) is 0 Å². The van der Waals surface area contributed by atoms with Crippen LogP contribution in [0.5, 0.6) is 11.5 Å². The van der Waals surface area contributed by atoms with Crippen LogP contribution in [0, 0.1) is 0 Å². The monoisotopic (exact) mass is 408 g/mol. The maximum atomic E-state index is 12.7. The minimum atomic E-state index is -0.439. The molecule has 0 aliphatic rings. The summed E-state index contributed by atoms with van der Waals surface area (Å²) in [6.07, 6.45) is 0.0703. The van der Waals surface area contributed by atoms with Crippen LogP contribution < -0.4 is 15.4 Å². The summed E-state index contributed by atoms with van der Waals surface area (Å²) in [4.78, 5) is 24.3. The summed E-state index contributed by atoms with van der Waals surface area (Å²) in [5.74, 6) is 0.644. The summed E-state index contributed by atoms with van der Waals surface area (Å²) in [5.41, 5.74) is 1.31. The van der Waals surface area contributed by atoms with E-state index in [1.165, 1.54) is 6.92 Å². The Hall–Kier alpha value is -3.31. The lowest BCUT2D eigenvalue weighted by atomic mass is 10.0. The van der Waals surface area contributed by atoms with Crippen LogP contribution in [-0.4, -0.2) is 11.8 Å². The quantitative estimate of drug-likeness (QED) is 0.554. The zero-order valence-electron chi connectivity index (χ0n) is 15.9. The molecule has 0 fully saturated rings. The van der Waals surface area contributed by atoms with Gasteiger partial charge in [-0.1, -0.05) is 60.1 Å². The average Bonchev–Trinajstić information content (AvgIpc) is 2.71. The lowest BCUT2D eigenvalue weighted by Crippen LogP contribution is -2.29. The minimum Gasteiger partial charge on any atom is -0.455 e. The molecule has 0 aromatic heterocycles. The van der Waals surface area contributed by atoms with Crippen molar-refractivity contribution in [1.29, 1.82) is 0 Å². The number of nitrogens with one attached hydrogen (secondary N) is 2. The van der Waals surface area contributed by atoms with Gasteiger partial charge in [0.15, 0.2) is 5.75 Å². The van der Waals surface area contributed by atoms with E-state index >= 15 is 0 Å². The number of amides is 2. The van der Waals surface area contributed by atoms with Gasteiger partial charge >= 0.3 is 0 Å². The Bertz CT molecular complexity index is 978. The minimum absolute atomic E-state index is 0.0703. The van der Waals surface area contributed by atoms with E-state index in [-0.39, 0.29) is 18.2 Å². The SMILES string of the molecule is CC(=O)NC(CC(=O)Nc1cc(Cl)ccc1Oc1ccccc1)c1ccccc1. The van der Waals surface area contributed by atoms with E-state index in [2.05, 4.69) is 10.6 Å². The molecule has 0 aliphatic carbocycles. The number of carbonyl (C=O) groups excluding carboxylic acids is 2. The number of ether oxygens (including phenoxy) is 1. The average molecular weight is 409 g/mol. The van der Waals surface area contributed by atoms with E-state index in [4.69, 9.17) is 16.3 Å². The van der Waals surface area contributed by atoms with E-state index in [1.807, 2.05) is 60.7 Å². The van der Waals surface area contributed by atoms with Crippen molar-refractivity contribution in [1.82, 2.24) is 5.32 Å². The Balaban J connectivity index is 1.77. The molecule has 5 nitrogen and oxygen atoms in total. The fraction of sp³-hybridized carbons (Fsp3) is 0.130. The Morgan fingerprint density at radius 3 is 2.28 bits per heavy atom. The first-order valence-corrected chi connectivity index (χ1v) is 9.53. The predicted molar refractivity (Wildman–Crippen MR) is 114 cm³/mol. The summed E-state index contributed by atoms with van der Waals surface area (Å²) in [6.45, 7) is 1.43. The van der Waals surface area contributed by atoms with Gasteiger partial charge < -0.3 is 15.4 Å². The molecule has 0 spiro atoms. The molecule has 3 aromatic carbocycles. The molecule has 148 valence electrons. The van der Waals surface area contributed by atoms with Gasteiger partial charge in [0.05, 0.1) is 18.2 Å². The molecule has 0 heterocycles. The van der Waals surface area contributed by atoms with Crippen molar-refractivity contribution < 1.29 is 14.3 Å². The summed E-state index contributed by atoms with van der Waals surface area (Å²) >= 11 is 6.11. The molecule has 29 heavy (non-hydrogen) atoms. The first-order chi connectivity index (χ1) is 14.0. The highest BCUT2D eigenvalue weighted by Crippen LogP contribution is 2.32. The zero-order valence-corrected chi connectivity index (χ0v) is 16.6. The topological polar surface area (TPSA) is 67.4 Å². The highest BCUT2D eigenvalue weighted by Gasteiger charge is 2.18. The van der Waals surface area contributed by atoms with Gasteiger partial charge in [0.2, 0.25) is 11.8 Å².